The van der Waals surface area contributed by atoms with Crippen molar-refractivity contribution in [3.63, 3.8) is 0 Å². The number of nitrogens with zero attached hydrogens (tertiary/aromatic N) is 5. The average Bonchev–Trinajstić information content (AvgIpc) is 3.50. The summed E-state index contributed by atoms with van der Waals surface area (Å²) < 4.78 is 11.0. The number of anilines is 2. The van der Waals surface area contributed by atoms with Crippen LogP contribution in [0.25, 0.3) is 11.6 Å². The second-order valence-electron chi connectivity index (χ2n) is 9.73. The number of fused-ring (bicyclic) bond motifs is 2. The summed E-state index contributed by atoms with van der Waals surface area (Å²) in [6.45, 7) is 9.62. The molecule has 0 unspecified atom stereocenters. The summed E-state index contributed by atoms with van der Waals surface area (Å²) in [5.74, 6) is 3.83. The van der Waals surface area contributed by atoms with E-state index < -0.39 is 0 Å². The fourth-order valence-electron chi connectivity index (χ4n) is 5.64. The standard InChI is InChI=1S/C27H33ClN6O3/c1-5-24(35)34-15-19-12-32(13-20(19)16-34)6-7-33-14-18(8-17-11-30-27(29-2)31-26(17)33)22-9-21(36-3)10-23(37-4)25(22)28/h5,8-11,19-20H,1,6-7,12-16H2,2-4H3,(H,29,30,31)/t19-,20+. The first-order valence-electron chi connectivity index (χ1n) is 12.5. The van der Waals surface area contributed by atoms with E-state index in [0.29, 0.717) is 40.9 Å². The van der Waals surface area contributed by atoms with Gasteiger partial charge < -0.3 is 29.5 Å². The van der Waals surface area contributed by atoms with Crippen molar-refractivity contribution in [3.05, 3.63) is 47.1 Å². The van der Waals surface area contributed by atoms with Gasteiger partial charge in [-0.25, -0.2) is 4.98 Å². The highest BCUT2D eigenvalue weighted by Crippen LogP contribution is 2.40. The van der Waals surface area contributed by atoms with Crippen LogP contribution in [-0.2, 0) is 4.79 Å². The molecule has 5 rings (SSSR count). The van der Waals surface area contributed by atoms with Gasteiger partial charge in [-0.3, -0.25) is 4.79 Å². The van der Waals surface area contributed by atoms with Gasteiger partial charge in [0.2, 0.25) is 11.9 Å². The summed E-state index contributed by atoms with van der Waals surface area (Å²) in [6.07, 6.45) is 5.36. The second-order valence-corrected chi connectivity index (χ2v) is 10.1. The average molecular weight is 525 g/mol. The van der Waals surface area contributed by atoms with E-state index in [0.717, 1.165) is 61.8 Å². The monoisotopic (exact) mass is 524 g/mol. The maximum Gasteiger partial charge on any atom is 0.245 e. The summed E-state index contributed by atoms with van der Waals surface area (Å²) >= 11 is 6.75. The van der Waals surface area contributed by atoms with Crippen molar-refractivity contribution in [1.82, 2.24) is 19.8 Å². The third-order valence-electron chi connectivity index (χ3n) is 7.56. The highest BCUT2D eigenvalue weighted by atomic mass is 35.5. The minimum absolute atomic E-state index is 0.0399. The number of amides is 1. The normalized spacial score (nSPS) is 20.8. The van der Waals surface area contributed by atoms with E-state index in [1.165, 1.54) is 6.08 Å². The van der Waals surface area contributed by atoms with E-state index in [1.54, 1.807) is 20.3 Å². The van der Waals surface area contributed by atoms with Crippen LogP contribution < -0.4 is 19.7 Å². The van der Waals surface area contributed by atoms with E-state index in [2.05, 4.69) is 32.8 Å². The molecule has 0 spiro atoms. The lowest BCUT2D eigenvalue weighted by molar-refractivity contribution is -0.125. The number of methoxy groups -OCH3 is 2. The predicted octanol–water partition coefficient (Wildman–Crippen LogP) is 3.13. The van der Waals surface area contributed by atoms with E-state index in [1.807, 2.05) is 24.2 Å². The van der Waals surface area contributed by atoms with Crippen molar-refractivity contribution >= 4 is 40.9 Å². The van der Waals surface area contributed by atoms with Gasteiger partial charge in [0.25, 0.3) is 0 Å². The van der Waals surface area contributed by atoms with Crippen LogP contribution in [0.1, 0.15) is 11.1 Å². The van der Waals surface area contributed by atoms with Crippen molar-refractivity contribution in [2.75, 3.05) is 77.3 Å². The quantitative estimate of drug-likeness (QED) is 0.527. The molecule has 2 saturated heterocycles. The highest BCUT2D eigenvalue weighted by Gasteiger charge is 2.41. The molecule has 2 fully saturated rings. The van der Waals surface area contributed by atoms with Crippen molar-refractivity contribution in [1.29, 1.82) is 0 Å². The molecule has 1 aromatic heterocycles. The van der Waals surface area contributed by atoms with Crippen molar-refractivity contribution in [3.8, 4) is 11.5 Å². The van der Waals surface area contributed by atoms with E-state index in [9.17, 15) is 4.79 Å². The highest BCUT2D eigenvalue weighted by molar-refractivity contribution is 6.34. The number of carbonyl (C=O) groups is 1. The van der Waals surface area contributed by atoms with Crippen molar-refractivity contribution in [2.45, 2.75) is 0 Å². The molecule has 0 saturated carbocycles. The van der Waals surface area contributed by atoms with Gasteiger partial charge >= 0.3 is 0 Å². The van der Waals surface area contributed by atoms with Crippen LogP contribution in [0.4, 0.5) is 11.8 Å². The molecule has 0 bridgehead atoms. The molecule has 9 nitrogen and oxygen atoms in total. The molecule has 2 aromatic rings. The summed E-state index contributed by atoms with van der Waals surface area (Å²) in [6, 6.07) is 3.73. The fraction of sp³-hybridized carbons (Fsp3) is 0.444. The molecule has 0 aliphatic carbocycles. The molecule has 1 N–H and O–H groups in total. The molecular weight excluding hydrogens is 492 g/mol. The number of nitrogens with one attached hydrogen (secondary N) is 1. The lowest BCUT2D eigenvalue weighted by Crippen LogP contribution is -2.39. The molecule has 4 heterocycles. The molecule has 2 atom stereocenters. The molecular formula is C27H33ClN6O3. The fourth-order valence-corrected chi connectivity index (χ4v) is 5.94. The first-order chi connectivity index (χ1) is 17.9. The predicted molar refractivity (Wildman–Crippen MR) is 146 cm³/mol. The Bertz CT molecular complexity index is 1220. The van der Waals surface area contributed by atoms with Crippen LogP contribution in [-0.4, -0.2) is 92.8 Å². The first kappa shape index (κ1) is 25.4. The number of hydrogen-bond donors (Lipinski definition) is 1. The minimum atomic E-state index is 0.0399. The Balaban J connectivity index is 1.36. The zero-order chi connectivity index (χ0) is 26.1. The number of aromatic nitrogens is 2. The van der Waals surface area contributed by atoms with Gasteiger partial charge in [0.05, 0.1) is 19.2 Å². The Morgan fingerprint density at radius 3 is 2.59 bits per heavy atom. The molecule has 3 aliphatic rings. The van der Waals surface area contributed by atoms with E-state index >= 15 is 0 Å². The number of halogens is 1. The zero-order valence-electron chi connectivity index (χ0n) is 21.5. The molecule has 10 heteroatoms. The zero-order valence-corrected chi connectivity index (χ0v) is 22.3. The molecule has 1 amide bonds. The van der Waals surface area contributed by atoms with Gasteiger partial charge in [-0.2, -0.15) is 4.98 Å². The smallest absolute Gasteiger partial charge is 0.245 e. The lowest BCUT2D eigenvalue weighted by atomic mass is 9.98. The largest absolute Gasteiger partial charge is 0.497 e. The SMILES string of the molecule is C=CC(=O)N1C[C@H]2CN(CCN3CC(c4cc(OC)cc(OC)c4Cl)=Cc4cnc(NC)nc43)C[C@H]2C1. The van der Waals surface area contributed by atoms with Crippen molar-refractivity contribution in [2.24, 2.45) is 11.8 Å². The number of ether oxygens (including phenoxy) is 2. The first-order valence-corrected chi connectivity index (χ1v) is 12.9. The van der Waals surface area contributed by atoms with Crippen LogP contribution in [0.15, 0.2) is 31.0 Å². The molecule has 37 heavy (non-hydrogen) atoms. The van der Waals surface area contributed by atoms with Crippen LogP contribution >= 0.6 is 11.6 Å². The summed E-state index contributed by atoms with van der Waals surface area (Å²) in [7, 11) is 5.06. The summed E-state index contributed by atoms with van der Waals surface area (Å²) in [4.78, 5) is 28.0. The Morgan fingerprint density at radius 2 is 1.95 bits per heavy atom. The maximum absolute atomic E-state index is 12.0. The number of likely N-dealkylation sites (tertiary alicyclic amines) is 2. The van der Waals surface area contributed by atoms with Gasteiger partial charge in [0, 0.05) is 76.3 Å². The number of rotatable bonds is 8. The lowest BCUT2D eigenvalue weighted by Gasteiger charge is -2.32. The van der Waals surface area contributed by atoms with Gasteiger partial charge in [-0.1, -0.05) is 18.2 Å². The Kier molecular flexibility index (Phi) is 7.26. The molecule has 0 radical (unpaired) electrons. The molecule has 3 aliphatic heterocycles. The van der Waals surface area contributed by atoms with Gasteiger partial charge in [-0.15, -0.1) is 0 Å². The number of carbonyl (C=O) groups excluding carboxylic acids is 1. The maximum atomic E-state index is 12.0. The minimum Gasteiger partial charge on any atom is -0.497 e. The third kappa shape index (κ3) is 4.98. The Morgan fingerprint density at radius 1 is 1.19 bits per heavy atom. The Hall–Kier alpha value is -3.30. The topological polar surface area (TPSA) is 83.1 Å². The molecule has 1 aromatic carbocycles. The number of hydrogen-bond acceptors (Lipinski definition) is 8. The van der Waals surface area contributed by atoms with E-state index in [4.69, 9.17) is 26.1 Å². The van der Waals surface area contributed by atoms with Crippen molar-refractivity contribution < 1.29 is 14.3 Å². The van der Waals surface area contributed by atoms with E-state index in [-0.39, 0.29) is 5.91 Å². The van der Waals surface area contributed by atoms with Crippen LogP contribution in [0, 0.1) is 11.8 Å². The van der Waals surface area contributed by atoms with Gasteiger partial charge in [0.15, 0.2) is 0 Å². The van der Waals surface area contributed by atoms with Gasteiger partial charge in [-0.05, 0) is 35.6 Å². The van der Waals surface area contributed by atoms with Crippen LogP contribution in [0.3, 0.4) is 0 Å². The number of benzene rings is 1. The van der Waals surface area contributed by atoms with Gasteiger partial charge in [0.1, 0.15) is 17.3 Å². The molecule has 196 valence electrons. The summed E-state index contributed by atoms with van der Waals surface area (Å²) in [5, 5.41) is 3.60. The van der Waals surface area contributed by atoms with Crippen LogP contribution in [0.2, 0.25) is 5.02 Å². The Labute approximate surface area is 222 Å². The second kappa shape index (κ2) is 10.6. The third-order valence-corrected chi connectivity index (χ3v) is 7.95. The van der Waals surface area contributed by atoms with Crippen LogP contribution in [0.5, 0.6) is 11.5 Å². The summed E-state index contributed by atoms with van der Waals surface area (Å²) in [5.41, 5.74) is 2.86.